The summed E-state index contributed by atoms with van der Waals surface area (Å²) in [6, 6.07) is 5.58. The maximum absolute atomic E-state index is 14.4. The number of likely N-dealkylation sites (N-methyl/N-ethyl adjacent to an activating group) is 1. The van der Waals surface area contributed by atoms with Gasteiger partial charge in [0.2, 0.25) is 11.8 Å². The molecule has 2 saturated heterocycles. The number of likely N-dealkylation sites (tertiary alicyclic amines) is 1. The summed E-state index contributed by atoms with van der Waals surface area (Å²) < 4.78 is 11.9. The predicted molar refractivity (Wildman–Crippen MR) is 137 cm³/mol. The van der Waals surface area contributed by atoms with Crippen molar-refractivity contribution < 1.29 is 29.0 Å². The van der Waals surface area contributed by atoms with E-state index in [-0.39, 0.29) is 36.8 Å². The van der Waals surface area contributed by atoms with Gasteiger partial charge in [0.05, 0.1) is 37.7 Å². The van der Waals surface area contributed by atoms with Gasteiger partial charge in [-0.2, -0.15) is 0 Å². The Morgan fingerprint density at radius 3 is 2.46 bits per heavy atom. The highest BCUT2D eigenvalue weighted by atomic mass is 16.5. The molecule has 0 saturated carbocycles. The number of amides is 3. The molecule has 3 amide bonds. The fourth-order valence-corrected chi connectivity index (χ4v) is 6.41. The number of carbonyl (C=O) groups excluding carboxylic acids is 3. The first kappa shape index (κ1) is 25.5. The van der Waals surface area contributed by atoms with Crippen molar-refractivity contribution in [1.82, 2.24) is 9.80 Å². The van der Waals surface area contributed by atoms with E-state index in [1.165, 1.54) is 4.90 Å². The molecule has 0 radical (unpaired) electrons. The van der Waals surface area contributed by atoms with E-state index in [2.05, 4.69) is 0 Å². The van der Waals surface area contributed by atoms with Gasteiger partial charge in [0.25, 0.3) is 5.91 Å². The number of anilines is 1. The quantitative estimate of drug-likeness (QED) is 0.585. The Bertz CT molecular complexity index is 1130. The third-order valence-corrected chi connectivity index (χ3v) is 8.03. The standard InChI is InChI=1S/C28H35N3O6/c1-17(2)15-19(16-32)31-24-27(35)30(18-8-10-20(36-4)11-9-18)14-6-12-28(24)23(26(31)34)22-21(37-28)7-5-13-29(3)25(22)33/h5-12,17,19,21-24,32H,13-16H2,1-4H3/t19-,21+,22-,23+,24?,28+/m1/s1. The number of methoxy groups -OCH3 is 1. The van der Waals surface area contributed by atoms with E-state index in [9.17, 15) is 19.5 Å². The molecule has 0 aromatic heterocycles. The van der Waals surface area contributed by atoms with Crippen LogP contribution in [0.3, 0.4) is 0 Å². The van der Waals surface area contributed by atoms with Crippen LogP contribution in [-0.4, -0.2) is 90.3 Å². The monoisotopic (exact) mass is 509 g/mol. The molecule has 0 aliphatic carbocycles. The first-order valence-electron chi connectivity index (χ1n) is 12.9. The number of hydrogen-bond donors (Lipinski definition) is 1. The summed E-state index contributed by atoms with van der Waals surface area (Å²) in [5.41, 5.74) is -0.650. The molecule has 1 unspecified atom stereocenters. The molecular weight excluding hydrogens is 474 g/mol. The second-order valence-corrected chi connectivity index (χ2v) is 10.7. The zero-order valence-corrected chi connectivity index (χ0v) is 21.7. The Balaban J connectivity index is 1.63. The second-order valence-electron chi connectivity index (χ2n) is 10.7. The number of carbonyl (C=O) groups is 3. The zero-order chi connectivity index (χ0) is 26.5. The molecule has 4 aliphatic heterocycles. The molecule has 4 heterocycles. The molecule has 198 valence electrons. The van der Waals surface area contributed by atoms with Crippen molar-refractivity contribution in [2.45, 2.75) is 44.1 Å². The van der Waals surface area contributed by atoms with E-state index in [0.29, 0.717) is 24.4 Å². The van der Waals surface area contributed by atoms with Gasteiger partial charge in [-0.25, -0.2) is 0 Å². The lowest BCUT2D eigenvalue weighted by molar-refractivity contribution is -0.146. The molecule has 4 aliphatic rings. The van der Waals surface area contributed by atoms with E-state index in [1.807, 2.05) is 38.2 Å². The highest BCUT2D eigenvalue weighted by molar-refractivity contribution is 6.06. The van der Waals surface area contributed by atoms with Crippen LogP contribution < -0.4 is 9.64 Å². The number of rotatable bonds is 6. The van der Waals surface area contributed by atoms with Crippen LogP contribution in [0.5, 0.6) is 5.75 Å². The summed E-state index contributed by atoms with van der Waals surface area (Å²) in [6.45, 7) is 4.46. The summed E-state index contributed by atoms with van der Waals surface area (Å²) in [6.07, 6.45) is 7.29. The molecule has 6 atom stereocenters. The van der Waals surface area contributed by atoms with E-state index in [1.54, 1.807) is 48.2 Å². The van der Waals surface area contributed by atoms with Gasteiger partial charge in [0.1, 0.15) is 17.4 Å². The van der Waals surface area contributed by atoms with Crippen LogP contribution in [0.1, 0.15) is 20.3 Å². The predicted octanol–water partition coefficient (Wildman–Crippen LogP) is 1.61. The lowest BCUT2D eigenvalue weighted by atomic mass is 9.77. The van der Waals surface area contributed by atoms with Crippen molar-refractivity contribution in [3.8, 4) is 5.75 Å². The van der Waals surface area contributed by atoms with E-state index in [0.717, 1.165) is 0 Å². The van der Waals surface area contributed by atoms with Crippen LogP contribution in [-0.2, 0) is 19.1 Å². The molecule has 1 N–H and O–H groups in total. The fourth-order valence-electron chi connectivity index (χ4n) is 6.41. The van der Waals surface area contributed by atoms with Crippen molar-refractivity contribution in [3.63, 3.8) is 0 Å². The lowest BCUT2D eigenvalue weighted by Crippen LogP contribution is -2.58. The van der Waals surface area contributed by atoms with Gasteiger partial charge >= 0.3 is 0 Å². The van der Waals surface area contributed by atoms with Crippen molar-refractivity contribution in [3.05, 3.63) is 48.6 Å². The number of aliphatic hydroxyl groups excluding tert-OH is 1. The van der Waals surface area contributed by atoms with Gasteiger partial charge in [0.15, 0.2) is 0 Å². The second kappa shape index (κ2) is 9.61. The Hall–Kier alpha value is -3.17. The molecule has 37 heavy (non-hydrogen) atoms. The number of fused-ring (bicyclic) bond motifs is 2. The number of ether oxygens (including phenoxy) is 2. The largest absolute Gasteiger partial charge is 0.497 e. The number of benzene rings is 1. The Kier molecular flexibility index (Phi) is 6.62. The number of aliphatic hydroxyl groups is 1. The molecule has 2 fully saturated rings. The average molecular weight is 510 g/mol. The van der Waals surface area contributed by atoms with E-state index in [4.69, 9.17) is 9.47 Å². The maximum atomic E-state index is 14.4. The van der Waals surface area contributed by atoms with Crippen LogP contribution in [0.4, 0.5) is 5.69 Å². The zero-order valence-electron chi connectivity index (χ0n) is 21.7. The third-order valence-electron chi connectivity index (χ3n) is 8.03. The van der Waals surface area contributed by atoms with Crippen LogP contribution in [0, 0.1) is 17.8 Å². The molecule has 0 bridgehead atoms. The summed E-state index contributed by atoms with van der Waals surface area (Å²) in [5.74, 6) is -1.55. The Morgan fingerprint density at radius 2 is 1.81 bits per heavy atom. The summed E-state index contributed by atoms with van der Waals surface area (Å²) in [4.78, 5) is 46.9. The summed E-state index contributed by atoms with van der Waals surface area (Å²) >= 11 is 0. The highest BCUT2D eigenvalue weighted by Gasteiger charge is 2.72. The normalized spacial score (nSPS) is 31.8. The molecule has 1 spiro atoms. The van der Waals surface area contributed by atoms with Crippen LogP contribution in [0.15, 0.2) is 48.6 Å². The summed E-state index contributed by atoms with van der Waals surface area (Å²) in [7, 11) is 3.29. The fraction of sp³-hybridized carbons (Fsp3) is 0.536. The highest BCUT2D eigenvalue weighted by Crippen LogP contribution is 2.54. The first-order chi connectivity index (χ1) is 17.7. The van der Waals surface area contributed by atoms with Gasteiger partial charge in [-0.05, 0) is 36.6 Å². The van der Waals surface area contributed by atoms with Gasteiger partial charge in [-0.15, -0.1) is 0 Å². The number of nitrogens with zero attached hydrogens (tertiary/aromatic N) is 3. The average Bonchev–Trinajstić information content (AvgIpc) is 3.21. The molecular formula is C28H35N3O6. The smallest absolute Gasteiger partial charge is 0.253 e. The minimum Gasteiger partial charge on any atom is -0.497 e. The third kappa shape index (κ3) is 3.95. The molecule has 5 rings (SSSR count). The van der Waals surface area contributed by atoms with Crippen LogP contribution in [0.2, 0.25) is 0 Å². The Morgan fingerprint density at radius 1 is 1.08 bits per heavy atom. The molecule has 1 aromatic carbocycles. The van der Waals surface area contributed by atoms with E-state index >= 15 is 0 Å². The van der Waals surface area contributed by atoms with Crippen molar-refractivity contribution in [2.24, 2.45) is 17.8 Å². The van der Waals surface area contributed by atoms with Gasteiger partial charge in [-0.3, -0.25) is 14.4 Å². The van der Waals surface area contributed by atoms with Crippen LogP contribution >= 0.6 is 0 Å². The molecule has 9 nitrogen and oxygen atoms in total. The minimum atomic E-state index is -1.31. The SMILES string of the molecule is COc1ccc(N2CC=C[C@]34O[C@H]5C=CCN(C)C(=O)[C@H]5[C@H]3C(=O)N([C@@H](CO)CC(C)C)C4C2=O)cc1. The lowest BCUT2D eigenvalue weighted by Gasteiger charge is -2.39. The minimum absolute atomic E-state index is 0.174. The van der Waals surface area contributed by atoms with Crippen molar-refractivity contribution in [2.75, 3.05) is 38.8 Å². The topological polar surface area (TPSA) is 99.6 Å². The first-order valence-corrected chi connectivity index (χ1v) is 12.9. The Labute approximate surface area is 217 Å². The number of hydrogen-bond acceptors (Lipinski definition) is 6. The van der Waals surface area contributed by atoms with Crippen LogP contribution in [0.25, 0.3) is 0 Å². The van der Waals surface area contributed by atoms with Gasteiger partial charge in [-0.1, -0.05) is 38.2 Å². The van der Waals surface area contributed by atoms with E-state index < -0.39 is 35.6 Å². The van der Waals surface area contributed by atoms with Crippen molar-refractivity contribution >= 4 is 23.4 Å². The van der Waals surface area contributed by atoms with Gasteiger partial charge < -0.3 is 29.3 Å². The van der Waals surface area contributed by atoms with Gasteiger partial charge in [0, 0.05) is 25.8 Å². The molecule has 1 aromatic rings. The maximum Gasteiger partial charge on any atom is 0.253 e. The van der Waals surface area contributed by atoms with Crippen molar-refractivity contribution in [1.29, 1.82) is 0 Å². The summed E-state index contributed by atoms with van der Waals surface area (Å²) in [5, 5.41) is 10.4. The molecule has 9 heteroatoms.